The average molecular weight is 358 g/mol. The van der Waals surface area contributed by atoms with Gasteiger partial charge in [0.15, 0.2) is 0 Å². The molecule has 2 N–H and O–H groups in total. The quantitative estimate of drug-likeness (QED) is 0.588. The van der Waals surface area contributed by atoms with Crippen LogP contribution in [0, 0.1) is 11.6 Å². The fraction of sp³-hybridized carbons (Fsp3) is 0.111. The van der Waals surface area contributed by atoms with Gasteiger partial charge in [0.2, 0.25) is 11.8 Å². The summed E-state index contributed by atoms with van der Waals surface area (Å²) in [6.45, 7) is 0. The number of hydrazone groups is 2. The summed E-state index contributed by atoms with van der Waals surface area (Å²) < 4.78 is 25.5. The van der Waals surface area contributed by atoms with E-state index in [4.69, 9.17) is 0 Å². The molecule has 8 heteroatoms. The third-order valence-electron chi connectivity index (χ3n) is 3.12. The van der Waals surface area contributed by atoms with E-state index in [-0.39, 0.29) is 24.5 Å². The van der Waals surface area contributed by atoms with Crippen LogP contribution in [0.3, 0.4) is 0 Å². The molecule has 0 aliphatic rings. The van der Waals surface area contributed by atoms with Gasteiger partial charge in [-0.25, -0.2) is 19.6 Å². The monoisotopic (exact) mass is 358 g/mol. The Balaban J connectivity index is 1.67. The first-order chi connectivity index (χ1) is 12.5. The molecule has 134 valence electrons. The predicted molar refractivity (Wildman–Crippen MR) is 93.5 cm³/mol. The Kier molecular flexibility index (Phi) is 7.11. The minimum atomic E-state index is -0.443. The van der Waals surface area contributed by atoms with Gasteiger partial charge in [-0.05, 0) is 35.4 Å². The molecule has 6 nitrogen and oxygen atoms in total. The molecule has 2 amide bonds. The van der Waals surface area contributed by atoms with Gasteiger partial charge in [0.25, 0.3) is 0 Å². The average Bonchev–Trinajstić information content (AvgIpc) is 2.63. The highest BCUT2D eigenvalue weighted by molar-refractivity contribution is 5.86. The van der Waals surface area contributed by atoms with Crippen LogP contribution in [0.1, 0.15) is 24.0 Å². The van der Waals surface area contributed by atoms with Crippen LogP contribution in [0.25, 0.3) is 0 Å². The molecule has 0 atom stereocenters. The molecule has 0 spiro atoms. The molecule has 0 aliphatic carbocycles. The third-order valence-corrected chi connectivity index (χ3v) is 3.12. The van der Waals surface area contributed by atoms with Gasteiger partial charge in [0.1, 0.15) is 11.6 Å². The molecule has 0 aliphatic heterocycles. The van der Waals surface area contributed by atoms with Crippen molar-refractivity contribution in [1.29, 1.82) is 0 Å². The van der Waals surface area contributed by atoms with Gasteiger partial charge >= 0.3 is 0 Å². The van der Waals surface area contributed by atoms with Gasteiger partial charge in [0, 0.05) is 12.8 Å². The Morgan fingerprint density at radius 2 is 1.08 bits per heavy atom. The number of halogens is 2. The van der Waals surface area contributed by atoms with E-state index in [0.29, 0.717) is 11.1 Å². The molecule has 0 saturated heterocycles. The van der Waals surface area contributed by atoms with Crippen molar-refractivity contribution in [2.45, 2.75) is 12.8 Å². The molecule has 0 unspecified atom stereocenters. The van der Waals surface area contributed by atoms with Crippen molar-refractivity contribution < 1.29 is 18.4 Å². The van der Waals surface area contributed by atoms with E-state index in [9.17, 15) is 18.4 Å². The minimum absolute atomic E-state index is 0.0708. The smallest absolute Gasteiger partial charge is 0.240 e. The maximum absolute atomic E-state index is 12.7. The number of nitrogens with zero attached hydrogens (tertiary/aromatic N) is 2. The maximum Gasteiger partial charge on any atom is 0.240 e. The zero-order valence-electron chi connectivity index (χ0n) is 13.7. The van der Waals surface area contributed by atoms with Gasteiger partial charge in [-0.1, -0.05) is 24.3 Å². The topological polar surface area (TPSA) is 82.9 Å². The lowest BCUT2D eigenvalue weighted by Crippen LogP contribution is -2.22. The second kappa shape index (κ2) is 9.77. The summed E-state index contributed by atoms with van der Waals surface area (Å²) in [6, 6.07) is 11.2. The summed E-state index contributed by atoms with van der Waals surface area (Å²) in [5.74, 6) is -1.61. The highest BCUT2D eigenvalue weighted by Gasteiger charge is 2.05. The van der Waals surface area contributed by atoms with Gasteiger partial charge < -0.3 is 0 Å². The van der Waals surface area contributed by atoms with E-state index in [1.54, 1.807) is 0 Å². The lowest BCUT2D eigenvalue weighted by molar-refractivity contribution is -0.126. The Morgan fingerprint density at radius 3 is 1.42 bits per heavy atom. The first kappa shape index (κ1) is 18.9. The van der Waals surface area contributed by atoms with Crippen molar-refractivity contribution >= 4 is 24.2 Å². The van der Waals surface area contributed by atoms with Crippen LogP contribution in [0.15, 0.2) is 58.7 Å². The van der Waals surface area contributed by atoms with E-state index >= 15 is 0 Å². The number of benzene rings is 2. The van der Waals surface area contributed by atoms with Crippen LogP contribution in [-0.4, -0.2) is 24.2 Å². The molecule has 2 aromatic rings. The molecule has 0 aromatic heterocycles. The lowest BCUT2D eigenvalue weighted by atomic mass is 10.2. The summed E-state index contributed by atoms with van der Waals surface area (Å²) in [4.78, 5) is 23.2. The largest absolute Gasteiger partial charge is 0.273 e. The second-order valence-corrected chi connectivity index (χ2v) is 5.19. The Hall–Kier alpha value is -3.42. The van der Waals surface area contributed by atoms with Crippen LogP contribution >= 0.6 is 0 Å². The normalized spacial score (nSPS) is 11.0. The van der Waals surface area contributed by atoms with Gasteiger partial charge in [-0.2, -0.15) is 10.2 Å². The number of amides is 2. The van der Waals surface area contributed by atoms with Crippen LogP contribution in [0.5, 0.6) is 0 Å². The van der Waals surface area contributed by atoms with Crippen LogP contribution in [0.4, 0.5) is 8.78 Å². The molecule has 0 radical (unpaired) electrons. The third kappa shape index (κ3) is 7.00. The minimum Gasteiger partial charge on any atom is -0.273 e. The van der Waals surface area contributed by atoms with E-state index in [1.165, 1.54) is 61.0 Å². The molecule has 0 bridgehead atoms. The number of rotatable bonds is 7. The van der Waals surface area contributed by atoms with Crippen molar-refractivity contribution in [3.63, 3.8) is 0 Å². The van der Waals surface area contributed by atoms with Crippen molar-refractivity contribution in [2.24, 2.45) is 10.2 Å². The molecule has 2 rings (SSSR count). The summed E-state index contributed by atoms with van der Waals surface area (Å²) in [6.07, 6.45) is 2.59. The van der Waals surface area contributed by atoms with E-state index in [2.05, 4.69) is 21.1 Å². The Labute approximate surface area is 148 Å². The molecule has 0 heterocycles. The number of carbonyl (C=O) groups is 2. The van der Waals surface area contributed by atoms with Gasteiger partial charge in [-0.3, -0.25) is 9.59 Å². The van der Waals surface area contributed by atoms with Crippen molar-refractivity contribution in [2.75, 3.05) is 0 Å². The predicted octanol–water partition coefficient (Wildman–Crippen LogP) is 2.35. The van der Waals surface area contributed by atoms with Crippen molar-refractivity contribution in [3.05, 3.63) is 71.3 Å². The Morgan fingerprint density at radius 1 is 0.731 bits per heavy atom. The maximum atomic E-state index is 12.7. The first-order valence-electron chi connectivity index (χ1n) is 7.68. The lowest BCUT2D eigenvalue weighted by Gasteiger charge is -2.00. The first-order valence-corrected chi connectivity index (χ1v) is 7.68. The van der Waals surface area contributed by atoms with Crippen LogP contribution in [-0.2, 0) is 9.59 Å². The zero-order chi connectivity index (χ0) is 18.8. The van der Waals surface area contributed by atoms with Crippen LogP contribution in [0.2, 0.25) is 0 Å². The molecular formula is C18H16F2N4O2. The molecule has 2 aromatic carbocycles. The number of hydrogen-bond donors (Lipinski definition) is 2. The SMILES string of the molecule is O=C(CCC(=O)N/N=C/c1ccc(F)cc1)N/N=C/c1ccc(F)cc1. The highest BCUT2D eigenvalue weighted by atomic mass is 19.1. The van der Waals surface area contributed by atoms with Crippen molar-refractivity contribution in [1.82, 2.24) is 10.9 Å². The van der Waals surface area contributed by atoms with Crippen LogP contribution < -0.4 is 10.9 Å². The zero-order valence-corrected chi connectivity index (χ0v) is 13.7. The van der Waals surface area contributed by atoms with E-state index in [1.807, 2.05) is 0 Å². The summed E-state index contributed by atoms with van der Waals surface area (Å²) in [7, 11) is 0. The van der Waals surface area contributed by atoms with Crippen molar-refractivity contribution in [3.8, 4) is 0 Å². The fourth-order valence-corrected chi connectivity index (χ4v) is 1.79. The van der Waals surface area contributed by atoms with E-state index in [0.717, 1.165) is 0 Å². The molecular weight excluding hydrogens is 342 g/mol. The second-order valence-electron chi connectivity index (χ2n) is 5.19. The molecule has 0 saturated carbocycles. The number of hydrogen-bond acceptors (Lipinski definition) is 4. The van der Waals surface area contributed by atoms with Gasteiger partial charge in [-0.15, -0.1) is 0 Å². The van der Waals surface area contributed by atoms with Gasteiger partial charge in [0.05, 0.1) is 12.4 Å². The number of carbonyl (C=O) groups excluding carboxylic acids is 2. The fourth-order valence-electron chi connectivity index (χ4n) is 1.79. The van der Waals surface area contributed by atoms with E-state index < -0.39 is 11.8 Å². The molecule has 26 heavy (non-hydrogen) atoms. The standard InChI is InChI=1S/C18H16F2N4O2/c19-15-5-1-13(2-6-15)11-21-23-17(25)9-10-18(26)24-22-12-14-3-7-16(20)8-4-14/h1-8,11-12H,9-10H2,(H,23,25)(H,24,26)/b21-11+,22-12+. The highest BCUT2D eigenvalue weighted by Crippen LogP contribution is 2.00. The molecule has 0 fully saturated rings. The summed E-state index contributed by atoms with van der Waals surface area (Å²) in [5, 5.41) is 7.44. The number of nitrogens with one attached hydrogen (secondary N) is 2. The summed E-state index contributed by atoms with van der Waals surface area (Å²) >= 11 is 0. The Bertz CT molecular complexity index is 733. The summed E-state index contributed by atoms with van der Waals surface area (Å²) in [5.41, 5.74) is 5.79.